The van der Waals surface area contributed by atoms with E-state index in [4.69, 9.17) is 0 Å². The molecule has 2 aromatic carbocycles. The molecule has 0 saturated carbocycles. The molecule has 2 aliphatic heterocycles. The van der Waals surface area contributed by atoms with Crippen LogP contribution in [0.1, 0.15) is 27.9 Å². The molecule has 1 spiro atoms. The number of imide groups is 1. The van der Waals surface area contributed by atoms with E-state index in [1.54, 1.807) is 35.0 Å². The van der Waals surface area contributed by atoms with E-state index in [1.165, 1.54) is 0 Å². The number of rotatable bonds is 3. The lowest BCUT2D eigenvalue weighted by Crippen LogP contribution is -2.51. The summed E-state index contributed by atoms with van der Waals surface area (Å²) in [7, 11) is 1.77. The third kappa shape index (κ3) is 3.35. The Balaban J connectivity index is 1.27. The number of carbonyl (C=O) groups excluding carboxylic acids is 4. The summed E-state index contributed by atoms with van der Waals surface area (Å²) in [6, 6.07) is 12.1. The van der Waals surface area contributed by atoms with Crippen LogP contribution in [-0.4, -0.2) is 54.5 Å². The smallest absolute Gasteiger partial charge is 0.324 e. The van der Waals surface area contributed by atoms with Gasteiger partial charge in [0.05, 0.1) is 0 Å². The van der Waals surface area contributed by atoms with Gasteiger partial charge in [0.1, 0.15) is 5.54 Å². The standard InChI is InChI=1S/C23H23N5O4/c1-27-10-11-28(22(27)32)18-6-4-17(5-7-18)24-19(29)15-2-3-16-13-23(9-8-14(16)12-15)20(30)25-21(31)26-23/h2-7,12H,8-11,13H2,1H3,(H,24,29)(H2,25,26,30,31). The third-order valence-electron chi connectivity index (χ3n) is 6.45. The van der Waals surface area contributed by atoms with Crippen LogP contribution in [0.25, 0.3) is 0 Å². The molecular formula is C23H23N5O4. The fraction of sp³-hybridized carbons (Fsp3) is 0.304. The van der Waals surface area contributed by atoms with E-state index in [9.17, 15) is 19.2 Å². The highest BCUT2D eigenvalue weighted by molar-refractivity contribution is 6.07. The molecule has 1 aliphatic carbocycles. The van der Waals surface area contributed by atoms with Crippen molar-refractivity contribution in [3.63, 3.8) is 0 Å². The molecule has 5 rings (SSSR count). The van der Waals surface area contributed by atoms with Crippen molar-refractivity contribution < 1.29 is 19.2 Å². The maximum atomic E-state index is 12.8. The number of aryl methyl sites for hydroxylation is 1. The van der Waals surface area contributed by atoms with E-state index in [0.29, 0.717) is 43.6 Å². The number of nitrogens with zero attached hydrogens (tertiary/aromatic N) is 2. The Bertz CT molecular complexity index is 1150. The number of urea groups is 2. The zero-order valence-corrected chi connectivity index (χ0v) is 17.6. The summed E-state index contributed by atoms with van der Waals surface area (Å²) in [4.78, 5) is 52.0. The molecule has 2 heterocycles. The van der Waals surface area contributed by atoms with Crippen LogP contribution < -0.4 is 20.9 Å². The predicted molar refractivity (Wildman–Crippen MR) is 118 cm³/mol. The third-order valence-corrected chi connectivity index (χ3v) is 6.45. The number of hydrogen-bond acceptors (Lipinski definition) is 4. The second-order valence-electron chi connectivity index (χ2n) is 8.51. The number of anilines is 2. The SMILES string of the molecule is CN1CCN(c2ccc(NC(=O)c3ccc4c(c3)CCC3(C4)NC(=O)NC3=O)cc2)C1=O. The number of hydrogen-bond donors (Lipinski definition) is 3. The van der Waals surface area contributed by atoms with Crippen molar-refractivity contribution in [2.24, 2.45) is 0 Å². The Hall–Kier alpha value is -3.88. The monoisotopic (exact) mass is 433 g/mol. The molecule has 3 aliphatic rings. The first-order chi connectivity index (χ1) is 15.3. The van der Waals surface area contributed by atoms with Crippen molar-refractivity contribution in [1.82, 2.24) is 15.5 Å². The van der Waals surface area contributed by atoms with Crippen LogP contribution in [0.2, 0.25) is 0 Å². The Morgan fingerprint density at radius 1 is 1.03 bits per heavy atom. The molecule has 2 aromatic rings. The molecule has 9 heteroatoms. The average molecular weight is 433 g/mol. The van der Waals surface area contributed by atoms with Gasteiger partial charge in [-0.2, -0.15) is 0 Å². The zero-order chi connectivity index (χ0) is 22.5. The van der Waals surface area contributed by atoms with Crippen molar-refractivity contribution in [2.75, 3.05) is 30.4 Å². The molecule has 164 valence electrons. The van der Waals surface area contributed by atoms with E-state index in [1.807, 2.05) is 24.3 Å². The number of fused-ring (bicyclic) bond motifs is 1. The highest BCUT2D eigenvalue weighted by Gasteiger charge is 2.47. The van der Waals surface area contributed by atoms with Gasteiger partial charge in [-0.25, -0.2) is 9.59 Å². The first-order valence-electron chi connectivity index (χ1n) is 10.5. The molecule has 6 amide bonds. The zero-order valence-electron chi connectivity index (χ0n) is 17.6. The molecule has 1 unspecified atom stereocenters. The molecule has 0 radical (unpaired) electrons. The normalized spacial score (nSPS) is 22.1. The molecule has 0 aromatic heterocycles. The molecule has 1 atom stereocenters. The van der Waals surface area contributed by atoms with E-state index in [-0.39, 0.29) is 17.8 Å². The Morgan fingerprint density at radius 2 is 1.81 bits per heavy atom. The quantitative estimate of drug-likeness (QED) is 0.642. The lowest BCUT2D eigenvalue weighted by atomic mass is 9.77. The van der Waals surface area contributed by atoms with Gasteiger partial charge in [0.25, 0.3) is 11.8 Å². The van der Waals surface area contributed by atoms with Crippen molar-refractivity contribution in [3.05, 3.63) is 59.2 Å². The van der Waals surface area contributed by atoms with Gasteiger partial charge in [-0.1, -0.05) is 6.07 Å². The van der Waals surface area contributed by atoms with E-state index in [2.05, 4.69) is 16.0 Å². The highest BCUT2D eigenvalue weighted by Crippen LogP contribution is 2.32. The lowest BCUT2D eigenvalue weighted by molar-refractivity contribution is -0.124. The van der Waals surface area contributed by atoms with Crippen molar-refractivity contribution in [1.29, 1.82) is 0 Å². The molecule has 2 fully saturated rings. The fourth-order valence-electron chi connectivity index (χ4n) is 4.58. The first kappa shape index (κ1) is 20.0. The lowest BCUT2D eigenvalue weighted by Gasteiger charge is -2.32. The number of benzene rings is 2. The maximum absolute atomic E-state index is 12.8. The fourth-order valence-corrected chi connectivity index (χ4v) is 4.58. The van der Waals surface area contributed by atoms with Gasteiger partial charge in [-0.05, 0) is 60.4 Å². The van der Waals surface area contributed by atoms with Gasteiger partial charge in [0.15, 0.2) is 0 Å². The minimum absolute atomic E-state index is 0.0349. The Kier molecular flexibility index (Phi) is 4.61. The van der Waals surface area contributed by atoms with Gasteiger partial charge < -0.3 is 15.5 Å². The van der Waals surface area contributed by atoms with Crippen LogP contribution in [0, 0.1) is 0 Å². The number of amides is 6. The van der Waals surface area contributed by atoms with Gasteiger partial charge in [0.2, 0.25) is 0 Å². The van der Waals surface area contributed by atoms with Crippen LogP contribution in [-0.2, 0) is 17.6 Å². The summed E-state index contributed by atoms with van der Waals surface area (Å²) in [5.41, 5.74) is 3.03. The number of nitrogens with one attached hydrogen (secondary N) is 3. The van der Waals surface area contributed by atoms with Crippen LogP contribution in [0.5, 0.6) is 0 Å². The van der Waals surface area contributed by atoms with Crippen LogP contribution in [0.3, 0.4) is 0 Å². The Labute approximate surface area is 184 Å². The summed E-state index contributed by atoms with van der Waals surface area (Å²) in [6.07, 6.45) is 1.50. The van der Waals surface area contributed by atoms with Crippen molar-refractivity contribution in [3.8, 4) is 0 Å². The van der Waals surface area contributed by atoms with E-state index in [0.717, 1.165) is 16.8 Å². The largest absolute Gasteiger partial charge is 0.326 e. The minimum atomic E-state index is -0.888. The van der Waals surface area contributed by atoms with Crippen LogP contribution in [0.4, 0.5) is 21.0 Å². The van der Waals surface area contributed by atoms with Gasteiger partial charge >= 0.3 is 12.1 Å². The first-order valence-corrected chi connectivity index (χ1v) is 10.5. The molecule has 9 nitrogen and oxygen atoms in total. The summed E-state index contributed by atoms with van der Waals surface area (Å²) in [5.74, 6) is -0.523. The van der Waals surface area contributed by atoms with E-state index >= 15 is 0 Å². The molecule has 3 N–H and O–H groups in total. The highest BCUT2D eigenvalue weighted by atomic mass is 16.2. The molecular weight excluding hydrogens is 410 g/mol. The second kappa shape index (κ2) is 7.37. The second-order valence-corrected chi connectivity index (χ2v) is 8.51. The van der Waals surface area contributed by atoms with Gasteiger partial charge in [0, 0.05) is 43.5 Å². The van der Waals surface area contributed by atoms with Crippen LogP contribution in [0.15, 0.2) is 42.5 Å². The molecule has 2 saturated heterocycles. The number of likely N-dealkylation sites (N-methyl/N-ethyl adjacent to an activating group) is 1. The predicted octanol–water partition coefficient (Wildman–Crippen LogP) is 1.88. The molecule has 32 heavy (non-hydrogen) atoms. The minimum Gasteiger partial charge on any atom is -0.326 e. The summed E-state index contributed by atoms with van der Waals surface area (Å²) in [5, 5.41) is 7.96. The topological polar surface area (TPSA) is 111 Å². The van der Waals surface area contributed by atoms with E-state index < -0.39 is 11.6 Å². The summed E-state index contributed by atoms with van der Waals surface area (Å²) in [6.45, 7) is 1.33. The average Bonchev–Trinajstić information content (AvgIpc) is 3.25. The molecule has 0 bridgehead atoms. The number of carbonyl (C=O) groups is 4. The van der Waals surface area contributed by atoms with Gasteiger partial charge in [-0.15, -0.1) is 0 Å². The van der Waals surface area contributed by atoms with Gasteiger partial charge in [-0.3, -0.25) is 19.8 Å². The van der Waals surface area contributed by atoms with Crippen LogP contribution >= 0.6 is 0 Å². The van der Waals surface area contributed by atoms with Crippen molar-refractivity contribution in [2.45, 2.75) is 24.8 Å². The maximum Gasteiger partial charge on any atom is 0.324 e. The summed E-state index contributed by atoms with van der Waals surface area (Å²) < 4.78 is 0. The summed E-state index contributed by atoms with van der Waals surface area (Å²) >= 11 is 0. The van der Waals surface area contributed by atoms with Crippen molar-refractivity contribution >= 4 is 35.3 Å². The Morgan fingerprint density at radius 3 is 2.47 bits per heavy atom.